The highest BCUT2D eigenvalue weighted by molar-refractivity contribution is 5.57. The van der Waals surface area contributed by atoms with Crippen molar-refractivity contribution in [1.82, 2.24) is 14.9 Å². The standard InChI is InChI=1S/C16H29N5/c1-4-14-19-15(17-5-2)13(3)16(20-14)18-9-8-12-21-10-6-7-11-21/h4-12H2,1-3H3,(H2,17,18,19,20). The first-order valence-corrected chi connectivity index (χ1v) is 8.32. The number of rotatable bonds is 8. The van der Waals surface area contributed by atoms with Gasteiger partial charge in [-0.1, -0.05) is 6.92 Å². The lowest BCUT2D eigenvalue weighted by Gasteiger charge is -2.16. The highest BCUT2D eigenvalue weighted by atomic mass is 15.1. The molecule has 0 radical (unpaired) electrons. The van der Waals surface area contributed by atoms with Crippen LogP contribution < -0.4 is 10.6 Å². The minimum absolute atomic E-state index is 0.862. The normalized spacial score (nSPS) is 15.4. The van der Waals surface area contributed by atoms with Crippen molar-refractivity contribution in [3.8, 4) is 0 Å². The zero-order valence-corrected chi connectivity index (χ0v) is 13.7. The van der Waals surface area contributed by atoms with Crippen molar-refractivity contribution in [2.45, 2.75) is 46.5 Å². The van der Waals surface area contributed by atoms with E-state index in [2.05, 4.69) is 46.3 Å². The smallest absolute Gasteiger partial charge is 0.134 e. The van der Waals surface area contributed by atoms with Crippen molar-refractivity contribution in [2.75, 3.05) is 43.4 Å². The van der Waals surface area contributed by atoms with Gasteiger partial charge in [0.2, 0.25) is 0 Å². The number of aromatic nitrogens is 2. The Labute approximate surface area is 128 Å². The van der Waals surface area contributed by atoms with Gasteiger partial charge in [0.25, 0.3) is 0 Å². The second-order valence-corrected chi connectivity index (χ2v) is 5.68. The minimum Gasteiger partial charge on any atom is -0.370 e. The monoisotopic (exact) mass is 291 g/mol. The van der Waals surface area contributed by atoms with Crippen LogP contribution in [0.1, 0.15) is 44.5 Å². The highest BCUT2D eigenvalue weighted by Crippen LogP contribution is 2.20. The molecule has 1 aliphatic rings. The molecular formula is C16H29N5. The fourth-order valence-corrected chi connectivity index (χ4v) is 2.75. The molecule has 0 saturated carbocycles. The molecule has 1 fully saturated rings. The molecule has 0 atom stereocenters. The Morgan fingerprint density at radius 2 is 1.71 bits per heavy atom. The van der Waals surface area contributed by atoms with Crippen molar-refractivity contribution in [1.29, 1.82) is 0 Å². The van der Waals surface area contributed by atoms with Gasteiger partial charge in [-0.15, -0.1) is 0 Å². The largest absolute Gasteiger partial charge is 0.370 e. The zero-order chi connectivity index (χ0) is 15.1. The summed E-state index contributed by atoms with van der Waals surface area (Å²) in [5.41, 5.74) is 1.12. The van der Waals surface area contributed by atoms with Crippen LogP contribution in [-0.4, -0.2) is 47.6 Å². The summed E-state index contributed by atoms with van der Waals surface area (Å²) >= 11 is 0. The zero-order valence-electron chi connectivity index (χ0n) is 13.7. The van der Waals surface area contributed by atoms with Crippen LogP contribution in [-0.2, 0) is 6.42 Å². The third-order valence-electron chi connectivity index (χ3n) is 3.99. The van der Waals surface area contributed by atoms with Crippen molar-refractivity contribution in [3.05, 3.63) is 11.4 Å². The number of hydrogen-bond acceptors (Lipinski definition) is 5. The number of nitrogens with zero attached hydrogens (tertiary/aromatic N) is 3. The van der Waals surface area contributed by atoms with E-state index in [1.54, 1.807) is 0 Å². The average Bonchev–Trinajstić information content (AvgIpc) is 3.00. The Hall–Kier alpha value is -1.36. The first kappa shape index (κ1) is 16.0. The maximum absolute atomic E-state index is 4.63. The number of nitrogens with one attached hydrogen (secondary N) is 2. The van der Waals surface area contributed by atoms with Crippen molar-refractivity contribution in [3.63, 3.8) is 0 Å². The van der Waals surface area contributed by atoms with Crippen LogP contribution in [0.5, 0.6) is 0 Å². The lowest BCUT2D eigenvalue weighted by Crippen LogP contribution is -2.22. The van der Waals surface area contributed by atoms with Crippen molar-refractivity contribution >= 4 is 11.6 Å². The second-order valence-electron chi connectivity index (χ2n) is 5.68. The molecule has 0 spiro atoms. The molecule has 118 valence electrons. The molecule has 0 aliphatic carbocycles. The van der Waals surface area contributed by atoms with Crippen LogP contribution in [0.25, 0.3) is 0 Å². The Balaban J connectivity index is 1.89. The third-order valence-corrected chi connectivity index (χ3v) is 3.99. The van der Waals surface area contributed by atoms with Crippen LogP contribution in [0.3, 0.4) is 0 Å². The Kier molecular flexibility index (Phi) is 6.23. The summed E-state index contributed by atoms with van der Waals surface area (Å²) in [4.78, 5) is 11.7. The van der Waals surface area contributed by atoms with Gasteiger partial charge < -0.3 is 15.5 Å². The van der Waals surface area contributed by atoms with Crippen molar-refractivity contribution < 1.29 is 0 Å². The molecule has 1 aromatic rings. The number of aryl methyl sites for hydroxylation is 1. The Morgan fingerprint density at radius 1 is 1.05 bits per heavy atom. The van der Waals surface area contributed by atoms with Gasteiger partial charge in [-0.2, -0.15) is 0 Å². The maximum Gasteiger partial charge on any atom is 0.134 e. The van der Waals surface area contributed by atoms with Crippen molar-refractivity contribution in [2.24, 2.45) is 0 Å². The van der Waals surface area contributed by atoms with Gasteiger partial charge in [0.1, 0.15) is 17.5 Å². The van der Waals surface area contributed by atoms with Crippen LogP contribution >= 0.6 is 0 Å². The molecule has 1 saturated heterocycles. The van der Waals surface area contributed by atoms with E-state index >= 15 is 0 Å². The summed E-state index contributed by atoms with van der Waals surface area (Å²) < 4.78 is 0. The lowest BCUT2D eigenvalue weighted by atomic mass is 10.2. The van der Waals surface area contributed by atoms with Crippen LogP contribution in [0.4, 0.5) is 11.6 Å². The molecular weight excluding hydrogens is 262 g/mol. The number of likely N-dealkylation sites (tertiary alicyclic amines) is 1. The minimum atomic E-state index is 0.862. The second kappa shape index (κ2) is 8.17. The molecule has 1 aromatic heterocycles. The predicted octanol–water partition coefficient (Wildman–Crippen LogP) is 2.68. The van der Waals surface area contributed by atoms with Gasteiger partial charge in [0, 0.05) is 25.1 Å². The molecule has 0 aromatic carbocycles. The fraction of sp³-hybridized carbons (Fsp3) is 0.750. The van der Waals surface area contributed by atoms with Gasteiger partial charge in [-0.05, 0) is 52.7 Å². The van der Waals surface area contributed by atoms with Crippen LogP contribution in [0.2, 0.25) is 0 Å². The molecule has 5 heteroatoms. The molecule has 2 heterocycles. The number of anilines is 2. The van der Waals surface area contributed by atoms with E-state index in [1.165, 1.54) is 38.9 Å². The highest BCUT2D eigenvalue weighted by Gasteiger charge is 2.11. The summed E-state index contributed by atoms with van der Waals surface area (Å²) in [5, 5.41) is 6.82. The van der Waals surface area contributed by atoms with Gasteiger partial charge in [0.05, 0.1) is 0 Å². The van der Waals surface area contributed by atoms with Gasteiger partial charge in [-0.3, -0.25) is 0 Å². The molecule has 1 aliphatic heterocycles. The molecule has 2 N–H and O–H groups in total. The molecule has 5 nitrogen and oxygen atoms in total. The van der Waals surface area contributed by atoms with E-state index in [-0.39, 0.29) is 0 Å². The van der Waals surface area contributed by atoms with E-state index in [0.29, 0.717) is 0 Å². The summed E-state index contributed by atoms with van der Waals surface area (Å²) in [5.74, 6) is 2.85. The maximum atomic E-state index is 4.63. The van der Waals surface area contributed by atoms with E-state index in [0.717, 1.165) is 42.5 Å². The lowest BCUT2D eigenvalue weighted by molar-refractivity contribution is 0.337. The predicted molar refractivity (Wildman–Crippen MR) is 89.1 cm³/mol. The Morgan fingerprint density at radius 3 is 2.33 bits per heavy atom. The summed E-state index contributed by atoms with van der Waals surface area (Å²) in [6.45, 7) is 11.9. The first-order chi connectivity index (χ1) is 10.2. The Bertz CT molecular complexity index is 441. The molecule has 0 unspecified atom stereocenters. The summed E-state index contributed by atoms with van der Waals surface area (Å²) in [6, 6.07) is 0. The van der Waals surface area contributed by atoms with Crippen LogP contribution in [0, 0.1) is 6.92 Å². The average molecular weight is 291 g/mol. The first-order valence-electron chi connectivity index (χ1n) is 8.32. The van der Waals surface area contributed by atoms with E-state index < -0.39 is 0 Å². The van der Waals surface area contributed by atoms with Gasteiger partial charge >= 0.3 is 0 Å². The third kappa shape index (κ3) is 4.56. The van der Waals surface area contributed by atoms with Gasteiger partial charge in [-0.25, -0.2) is 9.97 Å². The molecule has 0 bridgehead atoms. The topological polar surface area (TPSA) is 53.1 Å². The SMILES string of the molecule is CCNc1nc(CC)nc(NCCCN2CCCC2)c1C. The molecule has 0 amide bonds. The van der Waals surface area contributed by atoms with Crippen LogP contribution in [0.15, 0.2) is 0 Å². The molecule has 2 rings (SSSR count). The number of hydrogen-bond donors (Lipinski definition) is 2. The van der Waals surface area contributed by atoms with E-state index in [9.17, 15) is 0 Å². The summed E-state index contributed by atoms with van der Waals surface area (Å²) in [6.07, 6.45) is 4.76. The molecule has 21 heavy (non-hydrogen) atoms. The summed E-state index contributed by atoms with van der Waals surface area (Å²) in [7, 11) is 0. The van der Waals surface area contributed by atoms with E-state index in [1.807, 2.05) is 0 Å². The van der Waals surface area contributed by atoms with E-state index in [4.69, 9.17) is 0 Å². The fourth-order valence-electron chi connectivity index (χ4n) is 2.75. The van der Waals surface area contributed by atoms with Gasteiger partial charge in [0.15, 0.2) is 0 Å². The quantitative estimate of drug-likeness (QED) is 0.721.